The normalized spacial score (nSPS) is 16.2. The SMILES string of the molecule is O=C(Cc1cc(=O)[nH]c([C@@H]2CC(F)(F)CN2C(=O)OCc2ccccc2)n1)OOC(=O)c1ccccc1. The van der Waals surface area contributed by atoms with Gasteiger partial charge in [-0.25, -0.2) is 37.9 Å². The molecule has 1 aliphatic rings. The molecule has 37 heavy (non-hydrogen) atoms. The van der Waals surface area contributed by atoms with Gasteiger partial charge in [0.05, 0.1) is 30.3 Å². The quantitative estimate of drug-likeness (QED) is 0.393. The van der Waals surface area contributed by atoms with Gasteiger partial charge in [0.2, 0.25) is 0 Å². The molecule has 0 spiro atoms. The molecule has 3 aromatic rings. The van der Waals surface area contributed by atoms with Crippen LogP contribution < -0.4 is 5.56 Å². The first-order valence-corrected chi connectivity index (χ1v) is 11.1. The zero-order valence-electron chi connectivity index (χ0n) is 19.3. The van der Waals surface area contributed by atoms with E-state index in [-0.39, 0.29) is 23.7 Å². The summed E-state index contributed by atoms with van der Waals surface area (Å²) in [7, 11) is 0. The van der Waals surface area contributed by atoms with Crippen molar-refractivity contribution in [1.29, 1.82) is 0 Å². The molecule has 2 heterocycles. The Hall–Kier alpha value is -4.61. The van der Waals surface area contributed by atoms with E-state index in [9.17, 15) is 28.0 Å². The maximum absolute atomic E-state index is 14.3. The molecule has 192 valence electrons. The Morgan fingerprint density at radius 3 is 2.41 bits per heavy atom. The standard InChI is InChI=1S/C25H21F2N3O7/c26-25(27)13-19(30(15-25)24(34)35-14-16-7-3-1-4-8-16)22-28-18(11-20(31)29-22)12-21(32)36-37-23(33)17-9-5-2-6-10-17/h1-11,19H,12-15H2,(H,28,29,31)/t19-/m0/s1. The van der Waals surface area contributed by atoms with Crippen molar-refractivity contribution in [3.8, 4) is 0 Å². The van der Waals surface area contributed by atoms with E-state index < -0.39 is 54.9 Å². The van der Waals surface area contributed by atoms with E-state index in [1.54, 1.807) is 48.5 Å². The van der Waals surface area contributed by atoms with E-state index in [0.29, 0.717) is 5.56 Å². The zero-order valence-corrected chi connectivity index (χ0v) is 19.3. The predicted molar refractivity (Wildman–Crippen MR) is 122 cm³/mol. The number of nitrogens with zero attached hydrogens (tertiary/aromatic N) is 2. The Kier molecular flexibility index (Phi) is 7.56. The van der Waals surface area contributed by atoms with E-state index >= 15 is 0 Å². The van der Waals surface area contributed by atoms with Crippen LogP contribution in [-0.4, -0.2) is 45.4 Å². The van der Waals surface area contributed by atoms with Crippen LogP contribution in [0.4, 0.5) is 13.6 Å². The van der Waals surface area contributed by atoms with Crippen molar-refractivity contribution in [3.05, 3.63) is 99.7 Å². The minimum absolute atomic E-state index is 0.132. The number of nitrogens with one attached hydrogen (secondary N) is 1. The van der Waals surface area contributed by atoms with Crippen molar-refractivity contribution in [2.24, 2.45) is 0 Å². The molecule has 1 atom stereocenters. The van der Waals surface area contributed by atoms with E-state index in [2.05, 4.69) is 19.7 Å². The average molecular weight is 513 g/mol. The highest BCUT2D eigenvalue weighted by Gasteiger charge is 2.49. The number of hydrogen-bond donors (Lipinski definition) is 1. The van der Waals surface area contributed by atoms with Gasteiger partial charge in [-0.1, -0.05) is 48.5 Å². The first-order chi connectivity index (χ1) is 17.7. The molecule has 4 rings (SSSR count). The van der Waals surface area contributed by atoms with Gasteiger partial charge in [-0.3, -0.25) is 9.69 Å². The van der Waals surface area contributed by atoms with Crippen molar-refractivity contribution in [2.45, 2.75) is 31.4 Å². The topological polar surface area (TPSA) is 128 Å². The Bertz CT molecular complexity index is 1330. The van der Waals surface area contributed by atoms with Crippen molar-refractivity contribution < 1.29 is 37.7 Å². The summed E-state index contributed by atoms with van der Waals surface area (Å²) >= 11 is 0. The lowest BCUT2D eigenvalue weighted by atomic mass is 10.1. The molecule has 1 aromatic heterocycles. The number of carbonyl (C=O) groups excluding carboxylic acids is 3. The van der Waals surface area contributed by atoms with Gasteiger partial charge in [-0.05, 0) is 17.7 Å². The molecule has 1 saturated heterocycles. The van der Waals surface area contributed by atoms with E-state index in [4.69, 9.17) is 4.74 Å². The lowest BCUT2D eigenvalue weighted by Crippen LogP contribution is -2.34. The number of ether oxygens (including phenoxy) is 1. The predicted octanol–water partition coefficient (Wildman–Crippen LogP) is 3.35. The van der Waals surface area contributed by atoms with Crippen LogP contribution in [0.15, 0.2) is 71.5 Å². The summed E-state index contributed by atoms with van der Waals surface area (Å²) in [6.45, 7) is -1.07. The number of alkyl halides is 2. The summed E-state index contributed by atoms with van der Waals surface area (Å²) in [6.07, 6.45) is -2.41. The summed E-state index contributed by atoms with van der Waals surface area (Å²) in [5.41, 5.74) is -0.0548. The molecule has 1 N–H and O–H groups in total. The van der Waals surface area contributed by atoms with E-state index in [0.717, 1.165) is 11.0 Å². The van der Waals surface area contributed by atoms with Gasteiger partial charge in [0.1, 0.15) is 12.4 Å². The summed E-state index contributed by atoms with van der Waals surface area (Å²) in [5, 5.41) is 0. The van der Waals surface area contributed by atoms with Crippen LogP contribution in [0.5, 0.6) is 0 Å². The van der Waals surface area contributed by atoms with Gasteiger partial charge in [-0.15, -0.1) is 0 Å². The number of halogens is 2. The highest BCUT2D eigenvalue weighted by atomic mass is 19.3. The summed E-state index contributed by atoms with van der Waals surface area (Å²) < 4.78 is 33.8. The highest BCUT2D eigenvalue weighted by molar-refractivity contribution is 5.89. The molecule has 0 saturated carbocycles. The van der Waals surface area contributed by atoms with Crippen LogP contribution in [0.2, 0.25) is 0 Å². The molecular formula is C25H21F2N3O7. The lowest BCUT2D eigenvalue weighted by molar-refractivity contribution is -0.233. The minimum Gasteiger partial charge on any atom is -0.445 e. The number of likely N-dealkylation sites (tertiary alicyclic amines) is 1. The monoisotopic (exact) mass is 513 g/mol. The highest BCUT2D eigenvalue weighted by Crippen LogP contribution is 2.40. The summed E-state index contributed by atoms with van der Waals surface area (Å²) in [5.74, 6) is -5.46. The first kappa shape index (κ1) is 25.5. The van der Waals surface area contributed by atoms with Crippen molar-refractivity contribution in [3.63, 3.8) is 0 Å². The van der Waals surface area contributed by atoms with Crippen LogP contribution in [-0.2, 0) is 32.3 Å². The molecule has 2 aromatic carbocycles. The largest absolute Gasteiger partial charge is 0.445 e. The molecular weight excluding hydrogens is 492 g/mol. The molecule has 0 aliphatic carbocycles. The number of aromatic amines is 1. The third-order valence-corrected chi connectivity index (χ3v) is 5.38. The number of amides is 1. The second kappa shape index (κ2) is 11.0. The van der Waals surface area contributed by atoms with Crippen molar-refractivity contribution in [2.75, 3.05) is 6.54 Å². The van der Waals surface area contributed by atoms with Crippen molar-refractivity contribution >= 4 is 18.0 Å². The Labute approximate surface area is 208 Å². The third kappa shape index (κ3) is 6.75. The van der Waals surface area contributed by atoms with Crippen LogP contribution in [0.25, 0.3) is 0 Å². The molecule has 1 amide bonds. The van der Waals surface area contributed by atoms with Gasteiger partial charge >= 0.3 is 18.0 Å². The van der Waals surface area contributed by atoms with Crippen LogP contribution in [0.3, 0.4) is 0 Å². The Morgan fingerprint density at radius 2 is 1.70 bits per heavy atom. The Balaban J connectivity index is 1.43. The van der Waals surface area contributed by atoms with Crippen LogP contribution in [0, 0.1) is 0 Å². The summed E-state index contributed by atoms with van der Waals surface area (Å²) in [4.78, 5) is 65.0. The molecule has 10 nitrogen and oxygen atoms in total. The maximum atomic E-state index is 14.3. The average Bonchev–Trinajstić information content (AvgIpc) is 3.22. The van der Waals surface area contributed by atoms with Crippen LogP contribution in [0.1, 0.15) is 39.9 Å². The third-order valence-electron chi connectivity index (χ3n) is 5.38. The number of H-pyrrole nitrogens is 1. The second-order valence-electron chi connectivity index (χ2n) is 8.23. The van der Waals surface area contributed by atoms with Gasteiger partial charge < -0.3 is 9.72 Å². The number of carbonyl (C=O) groups is 3. The smallest absolute Gasteiger partial charge is 0.410 e. The molecule has 0 unspecified atom stereocenters. The molecule has 12 heteroatoms. The minimum atomic E-state index is -3.25. The number of aromatic nitrogens is 2. The fourth-order valence-corrected chi connectivity index (χ4v) is 3.72. The van der Waals surface area contributed by atoms with Crippen LogP contribution >= 0.6 is 0 Å². The molecule has 0 radical (unpaired) electrons. The van der Waals surface area contributed by atoms with Gasteiger partial charge in [0.25, 0.3) is 11.5 Å². The molecule has 1 fully saturated rings. The van der Waals surface area contributed by atoms with E-state index in [1.807, 2.05) is 0 Å². The number of benzene rings is 2. The zero-order chi connectivity index (χ0) is 26.4. The number of rotatable bonds is 6. The Morgan fingerprint density at radius 1 is 1.03 bits per heavy atom. The summed E-state index contributed by atoms with van der Waals surface area (Å²) in [6, 6.07) is 16.1. The fourth-order valence-electron chi connectivity index (χ4n) is 3.72. The lowest BCUT2D eigenvalue weighted by Gasteiger charge is -2.22. The first-order valence-electron chi connectivity index (χ1n) is 11.1. The van der Waals surface area contributed by atoms with Gasteiger partial charge in [0, 0.05) is 12.5 Å². The molecule has 0 bridgehead atoms. The van der Waals surface area contributed by atoms with Gasteiger partial charge in [-0.2, -0.15) is 0 Å². The maximum Gasteiger partial charge on any atom is 0.410 e. The second-order valence-corrected chi connectivity index (χ2v) is 8.23. The van der Waals surface area contributed by atoms with Gasteiger partial charge in [0.15, 0.2) is 0 Å². The molecule has 1 aliphatic heterocycles. The fraction of sp³-hybridized carbons (Fsp3) is 0.240. The van der Waals surface area contributed by atoms with E-state index in [1.165, 1.54) is 12.1 Å². The number of hydrogen-bond acceptors (Lipinski definition) is 8. The van der Waals surface area contributed by atoms with Crippen molar-refractivity contribution in [1.82, 2.24) is 14.9 Å².